The Balaban J connectivity index is 1.98. The van der Waals surface area contributed by atoms with E-state index in [9.17, 15) is 4.79 Å². The first-order valence-electron chi connectivity index (χ1n) is 7.20. The molecule has 2 atom stereocenters. The Bertz CT molecular complexity index is 441. The van der Waals surface area contributed by atoms with Crippen LogP contribution < -0.4 is 11.1 Å². The maximum Gasteiger partial charge on any atom is 0.237 e. The molecule has 19 heavy (non-hydrogen) atoms. The Kier molecular flexibility index (Phi) is 4.58. The van der Waals surface area contributed by atoms with E-state index in [-0.39, 0.29) is 18.0 Å². The Labute approximate surface area is 114 Å². The second-order valence-corrected chi connectivity index (χ2v) is 5.37. The lowest BCUT2D eigenvalue weighted by Crippen LogP contribution is -2.42. The van der Waals surface area contributed by atoms with Crippen LogP contribution in [0.25, 0.3) is 0 Å². The number of nitrogens with one attached hydrogen (secondary N) is 1. The molecule has 5 nitrogen and oxygen atoms in total. The maximum atomic E-state index is 12.1. The molecule has 2 rings (SSSR count). The molecule has 1 aliphatic carbocycles. The van der Waals surface area contributed by atoms with Crippen LogP contribution in [0.3, 0.4) is 0 Å². The van der Waals surface area contributed by atoms with Crippen molar-refractivity contribution in [1.29, 1.82) is 0 Å². The molecular formula is C14H24N4O. The molecule has 0 spiro atoms. The normalized spacial score (nSPS) is 19.8. The number of amides is 1. The highest BCUT2D eigenvalue weighted by Crippen LogP contribution is 2.29. The third kappa shape index (κ3) is 3.15. The van der Waals surface area contributed by atoms with Crippen molar-refractivity contribution in [2.45, 2.75) is 57.5 Å². The summed E-state index contributed by atoms with van der Waals surface area (Å²) < 4.78 is 1.91. The van der Waals surface area contributed by atoms with Gasteiger partial charge < -0.3 is 11.1 Å². The highest BCUT2D eigenvalue weighted by molar-refractivity contribution is 5.81. The molecule has 0 radical (unpaired) electrons. The van der Waals surface area contributed by atoms with E-state index >= 15 is 0 Å². The number of nitrogens with two attached hydrogens (primary N) is 1. The smallest absolute Gasteiger partial charge is 0.237 e. The lowest BCUT2D eigenvalue weighted by Gasteiger charge is -2.25. The minimum atomic E-state index is -0.387. The van der Waals surface area contributed by atoms with Crippen molar-refractivity contribution in [3.63, 3.8) is 0 Å². The van der Waals surface area contributed by atoms with Crippen molar-refractivity contribution in [2.24, 2.45) is 12.8 Å². The zero-order valence-corrected chi connectivity index (χ0v) is 11.9. The van der Waals surface area contributed by atoms with Crippen LogP contribution in [0.5, 0.6) is 0 Å². The molecule has 2 unspecified atom stereocenters. The summed E-state index contributed by atoms with van der Waals surface area (Å²) in [5.41, 5.74) is 8.30. The number of fused-ring (bicyclic) bond motifs is 1. The first-order valence-corrected chi connectivity index (χ1v) is 7.20. The van der Waals surface area contributed by atoms with E-state index < -0.39 is 0 Å². The third-order valence-electron chi connectivity index (χ3n) is 3.90. The lowest BCUT2D eigenvalue weighted by atomic mass is 9.92. The second-order valence-electron chi connectivity index (χ2n) is 5.37. The van der Waals surface area contributed by atoms with Crippen molar-refractivity contribution in [1.82, 2.24) is 15.1 Å². The number of carbonyl (C=O) groups is 1. The Morgan fingerprint density at radius 3 is 3.21 bits per heavy atom. The minimum absolute atomic E-state index is 0.0323. The fraction of sp³-hybridized carbons (Fsp3) is 0.714. The molecule has 1 heterocycles. The molecule has 106 valence electrons. The van der Waals surface area contributed by atoms with Gasteiger partial charge in [0.15, 0.2) is 0 Å². The number of hydrogen-bond donors (Lipinski definition) is 2. The summed E-state index contributed by atoms with van der Waals surface area (Å²) in [7, 11) is 1.95. The van der Waals surface area contributed by atoms with Gasteiger partial charge in [-0.3, -0.25) is 9.48 Å². The molecule has 0 aromatic carbocycles. The topological polar surface area (TPSA) is 72.9 Å². The van der Waals surface area contributed by atoms with E-state index in [1.165, 1.54) is 5.69 Å². The summed E-state index contributed by atoms with van der Waals surface area (Å²) in [6, 6.07) is -0.306. The maximum absolute atomic E-state index is 12.1. The van der Waals surface area contributed by atoms with Crippen LogP contribution in [0.15, 0.2) is 6.20 Å². The van der Waals surface area contributed by atoms with Crippen LogP contribution in [0.1, 0.15) is 56.3 Å². The average Bonchev–Trinajstić information content (AvgIpc) is 2.79. The number of aryl methyl sites for hydroxylation is 1. The van der Waals surface area contributed by atoms with Crippen LogP contribution in [-0.4, -0.2) is 21.7 Å². The van der Waals surface area contributed by atoms with E-state index in [0.29, 0.717) is 0 Å². The first kappa shape index (κ1) is 14.1. The van der Waals surface area contributed by atoms with Crippen LogP contribution in [0, 0.1) is 0 Å². The van der Waals surface area contributed by atoms with Crippen LogP contribution in [-0.2, 0) is 18.3 Å². The molecule has 1 aromatic rings. The molecule has 5 heteroatoms. The fourth-order valence-corrected chi connectivity index (χ4v) is 2.69. The van der Waals surface area contributed by atoms with Gasteiger partial charge in [0.25, 0.3) is 0 Å². The van der Waals surface area contributed by atoms with Gasteiger partial charge in [-0.15, -0.1) is 0 Å². The number of nitrogens with zero attached hydrogens (tertiary/aromatic N) is 2. The quantitative estimate of drug-likeness (QED) is 0.845. The minimum Gasteiger partial charge on any atom is -0.348 e. The van der Waals surface area contributed by atoms with Crippen LogP contribution in [0.4, 0.5) is 0 Å². The molecule has 1 aliphatic rings. The zero-order valence-electron chi connectivity index (χ0n) is 11.9. The predicted molar refractivity (Wildman–Crippen MR) is 74.5 cm³/mol. The van der Waals surface area contributed by atoms with Crippen molar-refractivity contribution in [2.75, 3.05) is 0 Å². The van der Waals surface area contributed by atoms with Crippen molar-refractivity contribution < 1.29 is 4.79 Å². The summed E-state index contributed by atoms with van der Waals surface area (Å²) >= 11 is 0. The van der Waals surface area contributed by atoms with Gasteiger partial charge in [0, 0.05) is 18.3 Å². The number of aromatic nitrogens is 2. The predicted octanol–water partition coefficient (Wildman–Crippen LogP) is 1.43. The summed E-state index contributed by atoms with van der Waals surface area (Å²) in [5.74, 6) is -0.0323. The fourth-order valence-electron chi connectivity index (χ4n) is 2.69. The SMILES string of the molecule is CCCCC(N)C(=O)NC1CCCc2c1cnn2C. The van der Waals surface area contributed by atoms with E-state index in [1.807, 2.05) is 17.9 Å². The second kappa shape index (κ2) is 6.19. The van der Waals surface area contributed by atoms with Crippen LogP contribution in [0.2, 0.25) is 0 Å². The van der Waals surface area contributed by atoms with Gasteiger partial charge in [-0.25, -0.2) is 0 Å². The number of carbonyl (C=O) groups excluding carboxylic acids is 1. The van der Waals surface area contributed by atoms with E-state index in [2.05, 4.69) is 17.3 Å². The summed E-state index contributed by atoms with van der Waals surface area (Å²) in [4.78, 5) is 12.1. The summed E-state index contributed by atoms with van der Waals surface area (Å²) in [6.07, 6.45) is 7.80. The molecule has 0 aliphatic heterocycles. The molecule has 3 N–H and O–H groups in total. The Hall–Kier alpha value is -1.36. The van der Waals surface area contributed by atoms with Gasteiger partial charge in [-0.1, -0.05) is 19.8 Å². The van der Waals surface area contributed by atoms with Gasteiger partial charge in [0.1, 0.15) is 0 Å². The molecule has 1 amide bonds. The third-order valence-corrected chi connectivity index (χ3v) is 3.90. The first-order chi connectivity index (χ1) is 9.13. The van der Waals surface area contributed by atoms with Crippen LogP contribution >= 0.6 is 0 Å². The van der Waals surface area contributed by atoms with Crippen molar-refractivity contribution >= 4 is 5.91 Å². The molecular weight excluding hydrogens is 240 g/mol. The number of rotatable bonds is 5. The molecule has 0 fully saturated rings. The summed E-state index contributed by atoms with van der Waals surface area (Å²) in [6.45, 7) is 2.10. The zero-order chi connectivity index (χ0) is 13.8. The van der Waals surface area contributed by atoms with Crippen molar-refractivity contribution in [3.05, 3.63) is 17.5 Å². The van der Waals surface area contributed by atoms with Gasteiger partial charge in [0.2, 0.25) is 5.91 Å². The molecule has 1 aromatic heterocycles. The van der Waals surface area contributed by atoms with Gasteiger partial charge >= 0.3 is 0 Å². The lowest BCUT2D eigenvalue weighted by molar-refractivity contribution is -0.123. The van der Waals surface area contributed by atoms with Gasteiger partial charge in [0.05, 0.1) is 18.3 Å². The highest BCUT2D eigenvalue weighted by Gasteiger charge is 2.26. The summed E-state index contributed by atoms with van der Waals surface area (Å²) in [5, 5.41) is 7.36. The molecule has 0 bridgehead atoms. The van der Waals surface area contributed by atoms with Gasteiger partial charge in [-0.2, -0.15) is 5.10 Å². The van der Waals surface area contributed by atoms with E-state index in [4.69, 9.17) is 5.73 Å². The number of unbranched alkanes of at least 4 members (excludes halogenated alkanes) is 1. The average molecular weight is 264 g/mol. The van der Waals surface area contributed by atoms with Crippen molar-refractivity contribution in [3.8, 4) is 0 Å². The van der Waals surface area contributed by atoms with Gasteiger partial charge in [-0.05, 0) is 25.7 Å². The monoisotopic (exact) mass is 264 g/mol. The van der Waals surface area contributed by atoms with E-state index in [1.54, 1.807) is 0 Å². The Morgan fingerprint density at radius 1 is 1.68 bits per heavy atom. The molecule has 0 saturated heterocycles. The number of hydrogen-bond acceptors (Lipinski definition) is 3. The molecule has 0 saturated carbocycles. The highest BCUT2D eigenvalue weighted by atomic mass is 16.2. The van der Waals surface area contributed by atoms with E-state index in [0.717, 1.165) is 44.1 Å². The largest absolute Gasteiger partial charge is 0.348 e. The standard InChI is InChI=1S/C14H24N4O/c1-3-4-6-11(15)14(19)17-12-7-5-8-13-10(12)9-16-18(13)2/h9,11-12H,3-8,15H2,1-2H3,(H,17,19). The Morgan fingerprint density at radius 2 is 2.47 bits per heavy atom.